The molecule has 3 rings (SSSR count). The van der Waals surface area contributed by atoms with E-state index in [4.69, 9.17) is 9.15 Å². The van der Waals surface area contributed by atoms with Crippen LogP contribution in [-0.4, -0.2) is 24.9 Å². The molecular formula is C17H13NO5. The lowest BCUT2D eigenvalue weighted by atomic mass is 10.1. The van der Waals surface area contributed by atoms with Crippen LogP contribution in [0.4, 0.5) is 0 Å². The van der Waals surface area contributed by atoms with Crippen molar-refractivity contribution in [2.75, 3.05) is 7.11 Å². The maximum atomic E-state index is 11.5. The van der Waals surface area contributed by atoms with E-state index in [9.17, 15) is 9.59 Å². The molecule has 0 bridgehead atoms. The molecule has 0 spiro atoms. The molecule has 0 amide bonds. The minimum absolute atomic E-state index is 0.199. The zero-order valence-electron chi connectivity index (χ0n) is 12.5. The molecule has 0 aliphatic carbocycles. The molecule has 0 unspecified atom stereocenters. The molecule has 0 radical (unpaired) electrons. The summed E-state index contributed by atoms with van der Waals surface area (Å²) in [7, 11) is 1.33. The van der Waals surface area contributed by atoms with Gasteiger partial charge in [0, 0.05) is 18.6 Å². The summed E-state index contributed by atoms with van der Waals surface area (Å²) in [5.74, 6) is 0.520. The molecule has 1 aliphatic rings. The number of ether oxygens (including phenoxy) is 2. The van der Waals surface area contributed by atoms with Crippen molar-refractivity contribution in [2.24, 2.45) is 4.99 Å². The van der Waals surface area contributed by atoms with E-state index >= 15 is 0 Å². The van der Waals surface area contributed by atoms with Crippen LogP contribution < -0.4 is 0 Å². The molecule has 6 nitrogen and oxygen atoms in total. The largest absolute Gasteiger partial charge is 0.465 e. The Morgan fingerprint density at radius 3 is 2.52 bits per heavy atom. The van der Waals surface area contributed by atoms with Crippen LogP contribution in [0.1, 0.15) is 23.0 Å². The van der Waals surface area contributed by atoms with Crippen molar-refractivity contribution < 1.29 is 23.5 Å². The van der Waals surface area contributed by atoms with E-state index in [1.807, 2.05) is 0 Å². The lowest BCUT2D eigenvalue weighted by Gasteiger charge is -2.00. The summed E-state index contributed by atoms with van der Waals surface area (Å²) in [4.78, 5) is 26.9. The zero-order valence-corrected chi connectivity index (χ0v) is 12.5. The SMILES string of the molecule is COC(=O)c1ccc(-c2ccc(/C=C3\N=C(C)OC3=O)o2)cc1. The number of benzene rings is 1. The van der Waals surface area contributed by atoms with E-state index in [2.05, 4.69) is 9.73 Å². The van der Waals surface area contributed by atoms with Gasteiger partial charge in [0.2, 0.25) is 0 Å². The summed E-state index contributed by atoms with van der Waals surface area (Å²) in [6.07, 6.45) is 1.52. The Hall–Kier alpha value is -3.15. The van der Waals surface area contributed by atoms with Gasteiger partial charge in [0.05, 0.1) is 12.7 Å². The standard InChI is InChI=1S/C17H13NO5/c1-10-18-14(17(20)22-10)9-13-7-8-15(23-13)11-3-5-12(6-4-11)16(19)21-2/h3-9H,1-2H3/b14-9-. The van der Waals surface area contributed by atoms with Crippen LogP contribution in [0.3, 0.4) is 0 Å². The maximum Gasteiger partial charge on any atom is 0.363 e. The number of hydrogen-bond donors (Lipinski definition) is 0. The van der Waals surface area contributed by atoms with Gasteiger partial charge in [-0.2, -0.15) is 0 Å². The minimum Gasteiger partial charge on any atom is -0.465 e. The number of cyclic esters (lactones) is 1. The third-order valence-corrected chi connectivity index (χ3v) is 3.22. The van der Waals surface area contributed by atoms with Crippen molar-refractivity contribution in [3.63, 3.8) is 0 Å². The van der Waals surface area contributed by atoms with Gasteiger partial charge in [-0.3, -0.25) is 0 Å². The van der Waals surface area contributed by atoms with Crippen LogP contribution in [0.25, 0.3) is 17.4 Å². The molecule has 1 aromatic carbocycles. The molecular weight excluding hydrogens is 298 g/mol. The number of nitrogens with zero attached hydrogens (tertiary/aromatic N) is 1. The van der Waals surface area contributed by atoms with Gasteiger partial charge in [0.25, 0.3) is 0 Å². The first-order valence-electron chi connectivity index (χ1n) is 6.84. The van der Waals surface area contributed by atoms with Gasteiger partial charge in [0.15, 0.2) is 11.6 Å². The average Bonchev–Trinajstić information content (AvgIpc) is 3.14. The fourth-order valence-electron chi connectivity index (χ4n) is 2.12. The summed E-state index contributed by atoms with van der Waals surface area (Å²) in [6, 6.07) is 10.3. The average molecular weight is 311 g/mol. The lowest BCUT2D eigenvalue weighted by Crippen LogP contribution is -2.00. The number of esters is 2. The van der Waals surface area contributed by atoms with E-state index in [0.29, 0.717) is 23.0 Å². The van der Waals surface area contributed by atoms with E-state index in [0.717, 1.165) is 5.56 Å². The third-order valence-electron chi connectivity index (χ3n) is 3.22. The summed E-state index contributed by atoms with van der Waals surface area (Å²) < 4.78 is 15.2. The van der Waals surface area contributed by atoms with Crippen molar-refractivity contribution in [3.05, 3.63) is 53.4 Å². The highest BCUT2D eigenvalue weighted by molar-refractivity contribution is 6.06. The topological polar surface area (TPSA) is 78.1 Å². The van der Waals surface area contributed by atoms with Crippen molar-refractivity contribution in [1.82, 2.24) is 0 Å². The van der Waals surface area contributed by atoms with E-state index in [-0.39, 0.29) is 5.70 Å². The first kappa shape index (κ1) is 14.8. The predicted molar refractivity (Wildman–Crippen MR) is 82.7 cm³/mol. The molecule has 1 aromatic heterocycles. The summed E-state index contributed by atoms with van der Waals surface area (Å²) in [6.45, 7) is 1.61. The predicted octanol–water partition coefficient (Wildman–Crippen LogP) is 3.05. The first-order chi connectivity index (χ1) is 11.1. The Morgan fingerprint density at radius 1 is 1.17 bits per heavy atom. The number of hydrogen-bond acceptors (Lipinski definition) is 6. The van der Waals surface area contributed by atoms with Crippen LogP contribution >= 0.6 is 0 Å². The Balaban J connectivity index is 1.83. The minimum atomic E-state index is -0.497. The number of methoxy groups -OCH3 is 1. The first-order valence-corrected chi connectivity index (χ1v) is 6.84. The van der Waals surface area contributed by atoms with Crippen molar-refractivity contribution >= 4 is 23.9 Å². The van der Waals surface area contributed by atoms with Crippen molar-refractivity contribution in [1.29, 1.82) is 0 Å². The normalized spacial score (nSPS) is 15.5. The van der Waals surface area contributed by atoms with Gasteiger partial charge in [-0.1, -0.05) is 12.1 Å². The molecule has 0 atom stereocenters. The van der Waals surface area contributed by atoms with Crippen LogP contribution in [0.5, 0.6) is 0 Å². The summed E-state index contributed by atoms with van der Waals surface area (Å²) in [5, 5.41) is 0. The second kappa shape index (κ2) is 5.92. The highest BCUT2D eigenvalue weighted by Crippen LogP contribution is 2.25. The second-order valence-electron chi connectivity index (χ2n) is 4.82. The van der Waals surface area contributed by atoms with E-state index in [1.54, 1.807) is 43.3 Å². The van der Waals surface area contributed by atoms with Gasteiger partial charge in [-0.05, 0) is 24.3 Å². The number of rotatable bonds is 3. The van der Waals surface area contributed by atoms with Gasteiger partial charge >= 0.3 is 11.9 Å². The number of carbonyl (C=O) groups is 2. The van der Waals surface area contributed by atoms with Crippen LogP contribution in [0, 0.1) is 0 Å². The number of furan rings is 1. The fourth-order valence-corrected chi connectivity index (χ4v) is 2.12. The summed E-state index contributed by atoms with van der Waals surface area (Å²) >= 11 is 0. The van der Waals surface area contributed by atoms with Crippen molar-refractivity contribution in [2.45, 2.75) is 6.92 Å². The van der Waals surface area contributed by atoms with Gasteiger partial charge in [-0.25, -0.2) is 14.6 Å². The molecule has 23 heavy (non-hydrogen) atoms. The van der Waals surface area contributed by atoms with Crippen LogP contribution in [0.15, 0.2) is 51.5 Å². The highest BCUT2D eigenvalue weighted by atomic mass is 16.6. The van der Waals surface area contributed by atoms with Crippen molar-refractivity contribution in [3.8, 4) is 11.3 Å². The molecule has 6 heteroatoms. The van der Waals surface area contributed by atoms with Crippen LogP contribution in [-0.2, 0) is 14.3 Å². The summed E-state index contributed by atoms with van der Waals surface area (Å²) in [5.41, 5.74) is 1.46. The lowest BCUT2D eigenvalue weighted by molar-refractivity contribution is -0.130. The molecule has 0 fully saturated rings. The highest BCUT2D eigenvalue weighted by Gasteiger charge is 2.20. The number of aliphatic imine (C=N–C) groups is 1. The van der Waals surface area contributed by atoms with Gasteiger partial charge in [0.1, 0.15) is 11.5 Å². The fraction of sp³-hybridized carbons (Fsp3) is 0.118. The molecule has 1 aliphatic heterocycles. The Labute approximate surface area is 132 Å². The quantitative estimate of drug-likeness (QED) is 0.643. The molecule has 0 saturated carbocycles. The maximum absolute atomic E-state index is 11.5. The molecule has 0 saturated heterocycles. The Kier molecular flexibility index (Phi) is 3.80. The Bertz CT molecular complexity index is 827. The smallest absolute Gasteiger partial charge is 0.363 e. The molecule has 116 valence electrons. The second-order valence-corrected chi connectivity index (χ2v) is 4.82. The monoisotopic (exact) mass is 311 g/mol. The van der Waals surface area contributed by atoms with Gasteiger partial charge in [-0.15, -0.1) is 0 Å². The van der Waals surface area contributed by atoms with Crippen LogP contribution in [0.2, 0.25) is 0 Å². The third kappa shape index (κ3) is 3.06. The zero-order chi connectivity index (χ0) is 16.4. The Morgan fingerprint density at radius 2 is 1.91 bits per heavy atom. The molecule has 2 aromatic rings. The van der Waals surface area contributed by atoms with E-state index < -0.39 is 11.9 Å². The van der Waals surface area contributed by atoms with Gasteiger partial charge < -0.3 is 13.9 Å². The number of carbonyl (C=O) groups excluding carboxylic acids is 2. The molecule has 2 heterocycles. The van der Waals surface area contributed by atoms with E-state index in [1.165, 1.54) is 13.2 Å². The molecule has 0 N–H and O–H groups in total.